The number of anilines is 1. The van der Waals surface area contributed by atoms with Crippen LogP contribution < -0.4 is 5.73 Å². The van der Waals surface area contributed by atoms with Crippen LogP contribution in [0.25, 0.3) is 17.0 Å². The van der Waals surface area contributed by atoms with Crippen LogP contribution in [-0.4, -0.2) is 14.6 Å². The van der Waals surface area contributed by atoms with Gasteiger partial charge in [0.25, 0.3) is 0 Å². The molecule has 0 atom stereocenters. The number of hydrogen-bond donors (Lipinski definition) is 1. The molecule has 0 spiro atoms. The van der Waals surface area contributed by atoms with Crippen molar-refractivity contribution in [1.82, 2.24) is 14.6 Å². The van der Waals surface area contributed by atoms with Gasteiger partial charge in [0.2, 0.25) is 0 Å². The summed E-state index contributed by atoms with van der Waals surface area (Å²) >= 11 is 6.01. The van der Waals surface area contributed by atoms with Crippen molar-refractivity contribution < 1.29 is 0 Å². The maximum atomic E-state index is 6.01. The summed E-state index contributed by atoms with van der Waals surface area (Å²) in [5.41, 5.74) is 9.22. The molecule has 3 rings (SSSR count). The van der Waals surface area contributed by atoms with Crippen LogP contribution in [0.4, 0.5) is 5.69 Å². The average molecular weight is 259 g/mol. The lowest BCUT2D eigenvalue weighted by Gasteiger charge is -2.03. The minimum absolute atomic E-state index is 0.592. The molecule has 0 unspecified atom stereocenters. The summed E-state index contributed by atoms with van der Waals surface area (Å²) in [5, 5.41) is 8.92. The van der Waals surface area contributed by atoms with Gasteiger partial charge in [0.05, 0.1) is 0 Å². The molecule has 2 heterocycles. The van der Waals surface area contributed by atoms with E-state index >= 15 is 0 Å². The summed E-state index contributed by atoms with van der Waals surface area (Å²) in [6.45, 7) is 2.02. The standard InChI is InChI=1S/C13H11ClN4/c1-8-2-3-18-12(4-8)16-17-13(18)9-5-10(14)7-11(15)6-9/h2-7H,15H2,1H3. The number of benzene rings is 1. The first-order valence-corrected chi connectivity index (χ1v) is 5.89. The second-order valence-electron chi connectivity index (χ2n) is 4.23. The Morgan fingerprint density at radius 3 is 2.78 bits per heavy atom. The van der Waals surface area contributed by atoms with E-state index in [9.17, 15) is 0 Å². The molecule has 0 bridgehead atoms. The molecule has 0 aliphatic heterocycles. The van der Waals surface area contributed by atoms with E-state index in [0.717, 1.165) is 22.6 Å². The van der Waals surface area contributed by atoms with Crippen molar-refractivity contribution in [1.29, 1.82) is 0 Å². The van der Waals surface area contributed by atoms with Crippen LogP contribution >= 0.6 is 11.6 Å². The van der Waals surface area contributed by atoms with E-state index in [1.165, 1.54) is 0 Å². The maximum absolute atomic E-state index is 6.01. The number of nitrogens with zero attached hydrogens (tertiary/aromatic N) is 3. The second-order valence-corrected chi connectivity index (χ2v) is 4.67. The summed E-state index contributed by atoms with van der Waals surface area (Å²) in [5.74, 6) is 0.735. The van der Waals surface area contributed by atoms with Gasteiger partial charge in [-0.25, -0.2) is 0 Å². The number of pyridine rings is 1. The van der Waals surface area contributed by atoms with E-state index in [1.54, 1.807) is 6.07 Å². The van der Waals surface area contributed by atoms with Gasteiger partial charge in [0.1, 0.15) is 0 Å². The molecule has 1 aromatic carbocycles. The minimum atomic E-state index is 0.592. The summed E-state index contributed by atoms with van der Waals surface area (Å²) < 4.78 is 1.91. The van der Waals surface area contributed by atoms with E-state index < -0.39 is 0 Å². The molecular formula is C13H11ClN4. The Morgan fingerprint density at radius 1 is 1.17 bits per heavy atom. The van der Waals surface area contributed by atoms with Gasteiger partial charge in [-0.1, -0.05) is 11.6 Å². The molecule has 2 N–H and O–H groups in total. The van der Waals surface area contributed by atoms with E-state index in [0.29, 0.717) is 10.7 Å². The lowest BCUT2D eigenvalue weighted by molar-refractivity contribution is 1.11. The molecule has 4 nitrogen and oxygen atoms in total. The predicted molar refractivity (Wildman–Crippen MR) is 72.6 cm³/mol. The van der Waals surface area contributed by atoms with Crippen molar-refractivity contribution in [2.24, 2.45) is 0 Å². The third-order valence-electron chi connectivity index (χ3n) is 2.74. The molecule has 2 aromatic heterocycles. The third-order valence-corrected chi connectivity index (χ3v) is 2.96. The highest BCUT2D eigenvalue weighted by atomic mass is 35.5. The van der Waals surface area contributed by atoms with E-state index in [-0.39, 0.29) is 0 Å². The molecule has 0 fully saturated rings. The van der Waals surface area contributed by atoms with Crippen LogP contribution in [0, 0.1) is 6.92 Å². The Bertz CT molecular complexity index is 713. The number of aryl methyl sites for hydroxylation is 1. The SMILES string of the molecule is Cc1ccn2c(-c3cc(N)cc(Cl)c3)nnc2c1. The first-order valence-electron chi connectivity index (χ1n) is 5.51. The molecule has 0 amide bonds. The average Bonchev–Trinajstić information content (AvgIpc) is 2.70. The van der Waals surface area contributed by atoms with Crippen molar-refractivity contribution in [3.05, 3.63) is 47.1 Å². The van der Waals surface area contributed by atoms with Crippen LogP contribution in [0.2, 0.25) is 5.02 Å². The number of fused-ring (bicyclic) bond motifs is 1. The number of nitrogen functional groups attached to an aromatic ring is 1. The summed E-state index contributed by atoms with van der Waals surface area (Å²) in [6.07, 6.45) is 1.94. The first-order chi connectivity index (χ1) is 8.63. The van der Waals surface area contributed by atoms with Crippen molar-refractivity contribution in [3.63, 3.8) is 0 Å². The zero-order valence-electron chi connectivity index (χ0n) is 9.76. The largest absolute Gasteiger partial charge is 0.399 e. The second kappa shape index (κ2) is 3.99. The van der Waals surface area contributed by atoms with Crippen molar-refractivity contribution >= 4 is 22.9 Å². The van der Waals surface area contributed by atoms with Crippen LogP contribution in [0.1, 0.15) is 5.56 Å². The number of aromatic nitrogens is 3. The smallest absolute Gasteiger partial charge is 0.168 e. The van der Waals surface area contributed by atoms with Crippen LogP contribution in [0.5, 0.6) is 0 Å². The third kappa shape index (κ3) is 1.80. The van der Waals surface area contributed by atoms with Crippen molar-refractivity contribution in [2.75, 3.05) is 5.73 Å². The van der Waals surface area contributed by atoms with Crippen LogP contribution in [0.15, 0.2) is 36.5 Å². The Hall–Kier alpha value is -2.07. The van der Waals surface area contributed by atoms with E-state index in [4.69, 9.17) is 17.3 Å². The molecule has 0 saturated carbocycles. The Labute approximate surface area is 109 Å². The summed E-state index contributed by atoms with van der Waals surface area (Å²) in [6, 6.07) is 9.35. The normalized spacial score (nSPS) is 11.0. The van der Waals surface area contributed by atoms with Crippen molar-refractivity contribution in [3.8, 4) is 11.4 Å². The zero-order valence-corrected chi connectivity index (χ0v) is 10.5. The molecule has 5 heteroatoms. The summed E-state index contributed by atoms with van der Waals surface area (Å²) in [7, 11) is 0. The van der Waals surface area contributed by atoms with Gasteiger partial charge in [-0.05, 0) is 42.8 Å². The van der Waals surface area contributed by atoms with Gasteiger partial charge in [-0.2, -0.15) is 0 Å². The molecular weight excluding hydrogens is 248 g/mol. The summed E-state index contributed by atoms with van der Waals surface area (Å²) in [4.78, 5) is 0. The number of nitrogens with two attached hydrogens (primary N) is 1. The quantitative estimate of drug-likeness (QED) is 0.683. The topological polar surface area (TPSA) is 56.2 Å². The first kappa shape index (κ1) is 11.0. The highest BCUT2D eigenvalue weighted by molar-refractivity contribution is 6.31. The lowest BCUT2D eigenvalue weighted by atomic mass is 10.2. The van der Waals surface area contributed by atoms with E-state index in [1.807, 2.05) is 41.8 Å². The van der Waals surface area contributed by atoms with Crippen LogP contribution in [-0.2, 0) is 0 Å². The van der Waals surface area contributed by atoms with Gasteiger partial charge in [0, 0.05) is 22.5 Å². The van der Waals surface area contributed by atoms with Gasteiger partial charge in [0.15, 0.2) is 11.5 Å². The Morgan fingerprint density at radius 2 is 2.00 bits per heavy atom. The molecule has 0 radical (unpaired) electrons. The maximum Gasteiger partial charge on any atom is 0.168 e. The number of hydrogen-bond acceptors (Lipinski definition) is 3. The zero-order chi connectivity index (χ0) is 12.7. The Kier molecular flexibility index (Phi) is 2.45. The fourth-order valence-electron chi connectivity index (χ4n) is 1.93. The monoisotopic (exact) mass is 258 g/mol. The fraction of sp³-hybridized carbons (Fsp3) is 0.0769. The highest BCUT2D eigenvalue weighted by Gasteiger charge is 2.09. The van der Waals surface area contributed by atoms with Gasteiger partial charge >= 0.3 is 0 Å². The molecule has 3 aromatic rings. The van der Waals surface area contributed by atoms with Gasteiger partial charge < -0.3 is 5.73 Å². The molecule has 0 saturated heterocycles. The van der Waals surface area contributed by atoms with E-state index in [2.05, 4.69) is 10.2 Å². The molecule has 18 heavy (non-hydrogen) atoms. The molecule has 0 aliphatic carbocycles. The highest BCUT2D eigenvalue weighted by Crippen LogP contribution is 2.25. The lowest BCUT2D eigenvalue weighted by Crippen LogP contribution is -1.92. The van der Waals surface area contributed by atoms with Gasteiger partial charge in [-0.15, -0.1) is 10.2 Å². The number of halogens is 1. The number of rotatable bonds is 1. The Balaban J connectivity index is 2.25. The molecule has 0 aliphatic rings. The predicted octanol–water partition coefficient (Wildman–Crippen LogP) is 2.94. The van der Waals surface area contributed by atoms with Crippen LogP contribution in [0.3, 0.4) is 0 Å². The molecule has 90 valence electrons. The minimum Gasteiger partial charge on any atom is -0.399 e. The van der Waals surface area contributed by atoms with Crippen molar-refractivity contribution in [2.45, 2.75) is 6.92 Å². The fourth-order valence-corrected chi connectivity index (χ4v) is 2.17. The van der Waals surface area contributed by atoms with Gasteiger partial charge in [-0.3, -0.25) is 4.40 Å².